The molecule has 1 atom stereocenters. The Morgan fingerprint density at radius 3 is 2.82 bits per heavy atom. The van der Waals surface area contributed by atoms with E-state index in [2.05, 4.69) is 36.6 Å². The van der Waals surface area contributed by atoms with Gasteiger partial charge in [0, 0.05) is 12.2 Å². The van der Waals surface area contributed by atoms with Crippen LogP contribution in [0.2, 0.25) is 0 Å². The van der Waals surface area contributed by atoms with Crippen LogP contribution >= 0.6 is 0 Å². The molecular formula is C14H20N2O. The van der Waals surface area contributed by atoms with Gasteiger partial charge in [0.05, 0.1) is 6.42 Å². The molecule has 0 saturated heterocycles. The number of nitrogens with one attached hydrogen (secondary N) is 2. The zero-order valence-corrected chi connectivity index (χ0v) is 10.7. The Hall–Kier alpha value is -1.35. The first-order valence-corrected chi connectivity index (χ1v) is 6.19. The molecule has 0 bridgehead atoms. The summed E-state index contributed by atoms with van der Waals surface area (Å²) in [6, 6.07) is 6.34. The number of likely N-dealkylation sites (N-methyl/N-ethyl adjacent to an activating group) is 1. The number of hydrogen-bond acceptors (Lipinski definition) is 2. The van der Waals surface area contributed by atoms with Crippen LogP contribution in [-0.4, -0.2) is 19.5 Å². The Morgan fingerprint density at radius 1 is 1.41 bits per heavy atom. The zero-order valence-electron chi connectivity index (χ0n) is 10.7. The van der Waals surface area contributed by atoms with E-state index in [1.165, 1.54) is 5.56 Å². The maximum absolute atomic E-state index is 11.3. The molecular weight excluding hydrogens is 212 g/mol. The summed E-state index contributed by atoms with van der Waals surface area (Å²) in [6.45, 7) is 5.44. The molecule has 1 aromatic carbocycles. The molecule has 1 aliphatic heterocycles. The van der Waals surface area contributed by atoms with E-state index in [4.69, 9.17) is 0 Å². The summed E-state index contributed by atoms with van der Waals surface area (Å²) in [5.41, 5.74) is 3.43. The van der Waals surface area contributed by atoms with Crippen LogP contribution < -0.4 is 10.6 Å². The Labute approximate surface area is 103 Å². The molecule has 1 amide bonds. The van der Waals surface area contributed by atoms with Crippen LogP contribution in [0.25, 0.3) is 0 Å². The number of benzene rings is 1. The van der Waals surface area contributed by atoms with Crippen molar-refractivity contribution in [3.05, 3.63) is 29.3 Å². The third-order valence-electron chi connectivity index (χ3n) is 3.41. The van der Waals surface area contributed by atoms with Gasteiger partial charge in [-0.2, -0.15) is 0 Å². The van der Waals surface area contributed by atoms with Crippen LogP contribution in [0.1, 0.15) is 30.9 Å². The summed E-state index contributed by atoms with van der Waals surface area (Å²) in [7, 11) is 1.98. The molecule has 1 aliphatic rings. The first-order valence-electron chi connectivity index (χ1n) is 6.19. The van der Waals surface area contributed by atoms with Crippen molar-refractivity contribution in [1.82, 2.24) is 5.32 Å². The highest BCUT2D eigenvalue weighted by atomic mass is 16.1. The van der Waals surface area contributed by atoms with Gasteiger partial charge >= 0.3 is 0 Å². The van der Waals surface area contributed by atoms with E-state index < -0.39 is 0 Å². The first kappa shape index (κ1) is 12.1. The van der Waals surface area contributed by atoms with Crippen molar-refractivity contribution < 1.29 is 4.79 Å². The number of amides is 1. The summed E-state index contributed by atoms with van der Waals surface area (Å²) in [5, 5.41) is 6.11. The minimum absolute atomic E-state index is 0.104. The second-order valence-electron chi connectivity index (χ2n) is 5.05. The fourth-order valence-corrected chi connectivity index (χ4v) is 2.44. The van der Waals surface area contributed by atoms with E-state index in [1.807, 2.05) is 13.1 Å². The lowest BCUT2D eigenvalue weighted by atomic mass is 9.87. The molecule has 17 heavy (non-hydrogen) atoms. The van der Waals surface area contributed by atoms with Crippen molar-refractivity contribution in [3.63, 3.8) is 0 Å². The normalized spacial score (nSPS) is 15.9. The van der Waals surface area contributed by atoms with Crippen molar-refractivity contribution >= 4 is 11.6 Å². The molecule has 0 aliphatic carbocycles. The van der Waals surface area contributed by atoms with E-state index in [1.54, 1.807) is 0 Å². The Bertz CT molecular complexity index is 426. The number of carbonyl (C=O) groups excluding carboxylic acids is 1. The SMILES string of the molecule is CNCC(c1ccc2c(c1)CC(=O)N2)C(C)C. The molecule has 1 aromatic rings. The molecule has 3 heteroatoms. The molecule has 0 aromatic heterocycles. The van der Waals surface area contributed by atoms with Gasteiger partial charge in [0.15, 0.2) is 0 Å². The number of anilines is 1. The smallest absolute Gasteiger partial charge is 0.228 e. The largest absolute Gasteiger partial charge is 0.326 e. The monoisotopic (exact) mass is 232 g/mol. The third-order valence-corrected chi connectivity index (χ3v) is 3.41. The maximum atomic E-state index is 11.3. The van der Waals surface area contributed by atoms with E-state index in [0.29, 0.717) is 18.3 Å². The van der Waals surface area contributed by atoms with Crippen LogP contribution in [0, 0.1) is 5.92 Å². The van der Waals surface area contributed by atoms with Crippen LogP contribution in [0.5, 0.6) is 0 Å². The molecule has 0 saturated carbocycles. The van der Waals surface area contributed by atoms with E-state index in [-0.39, 0.29) is 5.91 Å². The summed E-state index contributed by atoms with van der Waals surface area (Å²) >= 11 is 0. The van der Waals surface area contributed by atoms with Crippen molar-refractivity contribution in [2.45, 2.75) is 26.2 Å². The van der Waals surface area contributed by atoms with Crippen molar-refractivity contribution in [2.75, 3.05) is 18.9 Å². The lowest BCUT2D eigenvalue weighted by Crippen LogP contribution is -2.21. The van der Waals surface area contributed by atoms with Crippen molar-refractivity contribution in [2.24, 2.45) is 5.92 Å². The predicted molar refractivity (Wildman–Crippen MR) is 70.3 cm³/mol. The number of fused-ring (bicyclic) bond motifs is 1. The summed E-state index contributed by atoms with van der Waals surface area (Å²) in [6.07, 6.45) is 0.521. The lowest BCUT2D eigenvalue weighted by Gasteiger charge is -2.21. The predicted octanol–water partition coefficient (Wildman–Crippen LogP) is 2.14. The van der Waals surface area contributed by atoms with Gasteiger partial charge in [-0.3, -0.25) is 4.79 Å². The first-order chi connectivity index (χ1) is 8.11. The van der Waals surface area contributed by atoms with Gasteiger partial charge in [0.2, 0.25) is 5.91 Å². The number of carbonyl (C=O) groups is 1. The van der Waals surface area contributed by atoms with E-state index in [0.717, 1.165) is 17.8 Å². The van der Waals surface area contributed by atoms with Crippen molar-refractivity contribution in [3.8, 4) is 0 Å². The standard InChI is InChI=1S/C14H20N2O/c1-9(2)12(8-15-3)10-4-5-13-11(6-10)7-14(17)16-13/h4-6,9,12,15H,7-8H2,1-3H3,(H,16,17). The molecule has 0 spiro atoms. The molecule has 0 radical (unpaired) electrons. The Balaban J connectivity index is 2.27. The van der Waals surface area contributed by atoms with E-state index in [9.17, 15) is 4.79 Å². The highest BCUT2D eigenvalue weighted by molar-refractivity contribution is 5.99. The Kier molecular flexibility index (Phi) is 3.48. The quantitative estimate of drug-likeness (QED) is 0.835. The fraction of sp³-hybridized carbons (Fsp3) is 0.500. The summed E-state index contributed by atoms with van der Waals surface area (Å²) < 4.78 is 0. The minimum atomic E-state index is 0.104. The fourth-order valence-electron chi connectivity index (χ4n) is 2.44. The van der Waals surface area contributed by atoms with Gasteiger partial charge in [0.1, 0.15) is 0 Å². The van der Waals surface area contributed by atoms with E-state index >= 15 is 0 Å². The molecule has 0 fully saturated rings. The maximum Gasteiger partial charge on any atom is 0.228 e. The van der Waals surface area contributed by atoms with Gasteiger partial charge < -0.3 is 10.6 Å². The lowest BCUT2D eigenvalue weighted by molar-refractivity contribution is -0.115. The Morgan fingerprint density at radius 2 is 2.18 bits per heavy atom. The van der Waals surface area contributed by atoms with Gasteiger partial charge in [-0.25, -0.2) is 0 Å². The number of rotatable bonds is 4. The molecule has 3 nitrogen and oxygen atoms in total. The second-order valence-corrected chi connectivity index (χ2v) is 5.05. The average Bonchev–Trinajstić information content (AvgIpc) is 2.64. The van der Waals surface area contributed by atoms with Gasteiger partial charge in [-0.05, 0) is 36.1 Å². The van der Waals surface area contributed by atoms with Crippen molar-refractivity contribution in [1.29, 1.82) is 0 Å². The summed E-state index contributed by atoms with van der Waals surface area (Å²) in [4.78, 5) is 11.3. The highest BCUT2D eigenvalue weighted by Crippen LogP contribution is 2.30. The molecule has 1 heterocycles. The van der Waals surface area contributed by atoms with Crippen LogP contribution in [-0.2, 0) is 11.2 Å². The van der Waals surface area contributed by atoms with Crippen LogP contribution in [0.3, 0.4) is 0 Å². The van der Waals surface area contributed by atoms with Gasteiger partial charge in [-0.15, -0.1) is 0 Å². The minimum Gasteiger partial charge on any atom is -0.326 e. The molecule has 2 rings (SSSR count). The summed E-state index contributed by atoms with van der Waals surface area (Å²) in [5.74, 6) is 1.19. The average molecular weight is 232 g/mol. The zero-order chi connectivity index (χ0) is 12.4. The topological polar surface area (TPSA) is 41.1 Å². The van der Waals surface area contributed by atoms with Gasteiger partial charge in [0.25, 0.3) is 0 Å². The molecule has 2 N–H and O–H groups in total. The molecule has 1 unspecified atom stereocenters. The second kappa shape index (κ2) is 4.88. The third kappa shape index (κ3) is 2.50. The van der Waals surface area contributed by atoms with Gasteiger partial charge in [-0.1, -0.05) is 26.0 Å². The highest BCUT2D eigenvalue weighted by Gasteiger charge is 2.21. The number of hydrogen-bond donors (Lipinski definition) is 2. The van der Waals surface area contributed by atoms with Crippen LogP contribution in [0.15, 0.2) is 18.2 Å². The molecule has 92 valence electrons. The van der Waals surface area contributed by atoms with Crippen LogP contribution in [0.4, 0.5) is 5.69 Å².